The first kappa shape index (κ1) is 12.4. The summed E-state index contributed by atoms with van der Waals surface area (Å²) in [5, 5.41) is 0. The van der Waals surface area contributed by atoms with Gasteiger partial charge in [-0.3, -0.25) is 0 Å². The van der Waals surface area contributed by atoms with E-state index < -0.39 is 0 Å². The van der Waals surface area contributed by atoms with Crippen LogP contribution in [0.1, 0.15) is 22.3 Å². The summed E-state index contributed by atoms with van der Waals surface area (Å²) in [6, 6.07) is 16.8. The van der Waals surface area contributed by atoms with Crippen LogP contribution in [0, 0.1) is 13.8 Å². The van der Waals surface area contributed by atoms with E-state index in [0.29, 0.717) is 0 Å². The summed E-state index contributed by atoms with van der Waals surface area (Å²) in [7, 11) is 0. The quantitative estimate of drug-likeness (QED) is 0.653. The van der Waals surface area contributed by atoms with Crippen LogP contribution in [0.4, 0.5) is 0 Å². The maximum Gasteiger partial charge on any atom is -0.0227 e. The molecule has 0 heterocycles. The summed E-state index contributed by atoms with van der Waals surface area (Å²) >= 11 is 0. The van der Waals surface area contributed by atoms with E-state index in [9.17, 15) is 0 Å². The van der Waals surface area contributed by atoms with Crippen LogP contribution in [0.5, 0.6) is 0 Å². The van der Waals surface area contributed by atoms with Crippen molar-refractivity contribution in [1.82, 2.24) is 0 Å². The summed E-state index contributed by atoms with van der Waals surface area (Å²) in [4.78, 5) is 0. The van der Waals surface area contributed by atoms with E-state index in [-0.39, 0.29) is 0 Å². The van der Waals surface area contributed by atoms with Gasteiger partial charge in [-0.05, 0) is 36.1 Å². The molecular formula is C18H18. The molecule has 0 atom stereocenters. The minimum absolute atomic E-state index is 1.27. The third kappa shape index (κ3) is 3.21. The predicted molar refractivity (Wildman–Crippen MR) is 80.4 cm³/mol. The highest BCUT2D eigenvalue weighted by Crippen LogP contribution is 2.11. The fraction of sp³-hybridized carbons (Fsp3) is 0.111. The van der Waals surface area contributed by atoms with Gasteiger partial charge < -0.3 is 0 Å². The molecule has 0 unspecified atom stereocenters. The lowest BCUT2D eigenvalue weighted by Crippen LogP contribution is -1.78. The Morgan fingerprint density at radius 1 is 0.611 bits per heavy atom. The monoisotopic (exact) mass is 234 g/mol. The Morgan fingerprint density at radius 3 is 1.39 bits per heavy atom. The highest BCUT2D eigenvalue weighted by atomic mass is 14.0. The maximum absolute atomic E-state index is 2.14. The summed E-state index contributed by atoms with van der Waals surface area (Å²) in [6.07, 6.45) is 8.47. The molecule has 2 aromatic carbocycles. The van der Waals surface area contributed by atoms with Gasteiger partial charge in [0.15, 0.2) is 0 Å². The average molecular weight is 234 g/mol. The lowest BCUT2D eigenvalue weighted by atomic mass is 10.1. The molecule has 0 nitrogen and oxygen atoms in total. The van der Waals surface area contributed by atoms with Crippen LogP contribution >= 0.6 is 0 Å². The van der Waals surface area contributed by atoms with Gasteiger partial charge in [0, 0.05) is 0 Å². The van der Waals surface area contributed by atoms with Crippen molar-refractivity contribution in [2.75, 3.05) is 0 Å². The Balaban J connectivity index is 2.08. The topological polar surface area (TPSA) is 0 Å². The molecule has 0 bridgehead atoms. The number of allylic oxidation sites excluding steroid dienone is 2. The van der Waals surface area contributed by atoms with Crippen LogP contribution in [-0.4, -0.2) is 0 Å². The normalized spacial score (nSPS) is 11.4. The molecule has 2 rings (SSSR count). The van der Waals surface area contributed by atoms with Gasteiger partial charge in [-0.1, -0.05) is 72.8 Å². The SMILES string of the molecule is Cc1ccccc1/C=C/C=C/c1ccccc1C. The van der Waals surface area contributed by atoms with E-state index in [4.69, 9.17) is 0 Å². The van der Waals surface area contributed by atoms with E-state index in [0.717, 1.165) is 0 Å². The van der Waals surface area contributed by atoms with Gasteiger partial charge in [0.25, 0.3) is 0 Å². The molecule has 0 saturated carbocycles. The molecule has 0 aliphatic rings. The number of hydrogen-bond acceptors (Lipinski definition) is 0. The van der Waals surface area contributed by atoms with Gasteiger partial charge >= 0.3 is 0 Å². The van der Waals surface area contributed by atoms with E-state index in [2.05, 4.69) is 86.7 Å². The molecule has 0 aliphatic carbocycles. The molecule has 0 N–H and O–H groups in total. The number of aryl methyl sites for hydroxylation is 2. The Kier molecular flexibility index (Phi) is 4.14. The Labute approximate surface area is 109 Å². The lowest BCUT2D eigenvalue weighted by molar-refractivity contribution is 1.44. The highest BCUT2D eigenvalue weighted by molar-refractivity contribution is 5.60. The molecule has 0 fully saturated rings. The molecule has 0 heteroatoms. The first-order chi connectivity index (χ1) is 8.77. The van der Waals surface area contributed by atoms with Gasteiger partial charge in [-0.15, -0.1) is 0 Å². The van der Waals surface area contributed by atoms with Crippen LogP contribution in [-0.2, 0) is 0 Å². The third-order valence-electron chi connectivity index (χ3n) is 3.04. The van der Waals surface area contributed by atoms with Crippen LogP contribution in [0.25, 0.3) is 12.2 Å². The van der Waals surface area contributed by atoms with Gasteiger partial charge in [-0.25, -0.2) is 0 Å². The predicted octanol–water partition coefficient (Wildman–Crippen LogP) is 5.03. The molecule has 0 amide bonds. The van der Waals surface area contributed by atoms with Crippen molar-refractivity contribution in [1.29, 1.82) is 0 Å². The third-order valence-corrected chi connectivity index (χ3v) is 3.04. The summed E-state index contributed by atoms with van der Waals surface area (Å²) < 4.78 is 0. The van der Waals surface area contributed by atoms with Crippen LogP contribution in [0.2, 0.25) is 0 Å². The lowest BCUT2D eigenvalue weighted by Gasteiger charge is -1.98. The minimum Gasteiger partial charge on any atom is -0.0620 e. The van der Waals surface area contributed by atoms with E-state index in [1.165, 1.54) is 22.3 Å². The number of rotatable bonds is 3. The fourth-order valence-corrected chi connectivity index (χ4v) is 1.87. The first-order valence-electron chi connectivity index (χ1n) is 6.23. The zero-order chi connectivity index (χ0) is 12.8. The molecule has 0 saturated heterocycles. The van der Waals surface area contributed by atoms with Crippen molar-refractivity contribution in [2.24, 2.45) is 0 Å². The Morgan fingerprint density at radius 2 is 1.00 bits per heavy atom. The van der Waals surface area contributed by atoms with Gasteiger partial charge in [0.05, 0.1) is 0 Å². The standard InChI is InChI=1S/C18H18/c1-15-9-3-5-11-17(15)13-7-8-14-18-12-6-4-10-16(18)2/h3-14H,1-2H3/b13-7+,14-8+. The average Bonchev–Trinajstić information content (AvgIpc) is 2.38. The molecule has 2 aromatic rings. The summed E-state index contributed by atoms with van der Waals surface area (Å²) in [5.41, 5.74) is 5.15. The zero-order valence-corrected chi connectivity index (χ0v) is 10.9. The van der Waals surface area contributed by atoms with Crippen molar-refractivity contribution in [3.05, 3.63) is 82.9 Å². The van der Waals surface area contributed by atoms with E-state index in [1.54, 1.807) is 0 Å². The molecule has 90 valence electrons. The molecule has 0 aliphatic heterocycles. The van der Waals surface area contributed by atoms with Crippen LogP contribution in [0.15, 0.2) is 60.7 Å². The molecule has 18 heavy (non-hydrogen) atoms. The largest absolute Gasteiger partial charge is 0.0620 e. The van der Waals surface area contributed by atoms with Gasteiger partial charge in [0.1, 0.15) is 0 Å². The Hall–Kier alpha value is -2.08. The fourth-order valence-electron chi connectivity index (χ4n) is 1.87. The van der Waals surface area contributed by atoms with Crippen LogP contribution < -0.4 is 0 Å². The second-order valence-corrected chi connectivity index (χ2v) is 4.43. The second kappa shape index (κ2) is 6.02. The second-order valence-electron chi connectivity index (χ2n) is 4.43. The van der Waals surface area contributed by atoms with Crippen molar-refractivity contribution in [2.45, 2.75) is 13.8 Å². The molecular weight excluding hydrogens is 216 g/mol. The molecule has 0 spiro atoms. The van der Waals surface area contributed by atoms with Crippen molar-refractivity contribution < 1.29 is 0 Å². The number of benzene rings is 2. The first-order valence-corrected chi connectivity index (χ1v) is 6.23. The molecule has 0 radical (unpaired) electrons. The summed E-state index contributed by atoms with van der Waals surface area (Å²) in [6.45, 7) is 4.26. The van der Waals surface area contributed by atoms with Crippen molar-refractivity contribution in [3.8, 4) is 0 Å². The van der Waals surface area contributed by atoms with Crippen molar-refractivity contribution >= 4 is 12.2 Å². The minimum atomic E-state index is 1.27. The highest BCUT2D eigenvalue weighted by Gasteiger charge is 1.90. The van der Waals surface area contributed by atoms with Crippen molar-refractivity contribution in [3.63, 3.8) is 0 Å². The molecule has 0 aromatic heterocycles. The Bertz CT molecular complexity index is 521. The number of hydrogen-bond donors (Lipinski definition) is 0. The maximum atomic E-state index is 2.14. The zero-order valence-electron chi connectivity index (χ0n) is 10.9. The smallest absolute Gasteiger partial charge is 0.0227 e. The van der Waals surface area contributed by atoms with E-state index >= 15 is 0 Å². The van der Waals surface area contributed by atoms with Crippen LogP contribution in [0.3, 0.4) is 0 Å². The van der Waals surface area contributed by atoms with Gasteiger partial charge in [-0.2, -0.15) is 0 Å². The van der Waals surface area contributed by atoms with E-state index in [1.807, 2.05) is 0 Å². The summed E-state index contributed by atoms with van der Waals surface area (Å²) in [5.74, 6) is 0. The van der Waals surface area contributed by atoms with Gasteiger partial charge in [0.2, 0.25) is 0 Å².